The van der Waals surface area contributed by atoms with Gasteiger partial charge in [-0.05, 0) is 12.1 Å². The second-order valence-electron chi connectivity index (χ2n) is 1.62. The third kappa shape index (κ3) is 2.01. The van der Waals surface area contributed by atoms with Crippen LogP contribution in [0.4, 0.5) is 4.39 Å². The fourth-order valence-electron chi connectivity index (χ4n) is 0.525. The molecule has 0 fully saturated rings. The van der Waals surface area contributed by atoms with Crippen molar-refractivity contribution in [1.29, 1.82) is 0 Å². The summed E-state index contributed by atoms with van der Waals surface area (Å²) in [4.78, 5) is 3.77. The zero-order valence-electron chi connectivity index (χ0n) is 5.38. The van der Waals surface area contributed by atoms with E-state index < -0.39 is 6.67 Å². The van der Waals surface area contributed by atoms with E-state index in [0.717, 1.165) is 0 Å². The van der Waals surface area contributed by atoms with Crippen molar-refractivity contribution in [1.82, 2.24) is 4.98 Å². The predicted octanol–water partition coefficient (Wildman–Crippen LogP) is 1.23. The topological polar surface area (TPSA) is 22.1 Å². The van der Waals surface area contributed by atoms with Gasteiger partial charge in [-0.2, -0.15) is 0 Å². The van der Waals surface area contributed by atoms with E-state index in [1.807, 2.05) is 0 Å². The van der Waals surface area contributed by atoms with Gasteiger partial charge in [0.05, 0.1) is 0 Å². The minimum Gasteiger partial charge on any atom is -0.474 e. The summed E-state index contributed by atoms with van der Waals surface area (Å²) in [6.07, 6.45) is 1.57. The Morgan fingerprint density at radius 1 is 1.70 bits per heavy atom. The van der Waals surface area contributed by atoms with E-state index >= 15 is 0 Å². The number of rotatable bonds is 3. The summed E-state index contributed by atoms with van der Waals surface area (Å²) in [6, 6.07) is 6.09. The van der Waals surface area contributed by atoms with Crippen LogP contribution in [-0.4, -0.2) is 18.3 Å². The molecule has 0 N–H and O–H groups in total. The number of hydrogen-bond donors (Lipinski definition) is 0. The van der Waals surface area contributed by atoms with Crippen LogP contribution in [0.15, 0.2) is 18.3 Å². The number of alkyl halides is 1. The first kappa shape index (κ1) is 6.99. The number of nitrogens with zero attached hydrogens (tertiary/aromatic N) is 1. The van der Waals surface area contributed by atoms with Crippen molar-refractivity contribution in [3.05, 3.63) is 24.4 Å². The highest BCUT2D eigenvalue weighted by atomic mass is 19.1. The molecule has 0 spiro atoms. The zero-order chi connectivity index (χ0) is 7.23. The predicted molar refractivity (Wildman–Crippen MR) is 34.5 cm³/mol. The SMILES string of the molecule is FCCOc1[c]cccn1. The number of pyridine rings is 1. The molecule has 1 aromatic heterocycles. The molecule has 0 saturated carbocycles. The Morgan fingerprint density at radius 3 is 3.20 bits per heavy atom. The van der Waals surface area contributed by atoms with Gasteiger partial charge in [0.15, 0.2) is 0 Å². The molecule has 1 heterocycles. The highest BCUT2D eigenvalue weighted by Gasteiger charge is 1.90. The van der Waals surface area contributed by atoms with Crippen molar-refractivity contribution in [3.8, 4) is 5.88 Å². The van der Waals surface area contributed by atoms with Gasteiger partial charge in [0.1, 0.15) is 13.3 Å². The molecule has 53 valence electrons. The van der Waals surface area contributed by atoms with Gasteiger partial charge in [-0.3, -0.25) is 0 Å². The summed E-state index contributed by atoms with van der Waals surface area (Å²) in [5, 5.41) is 0. The van der Waals surface area contributed by atoms with E-state index in [2.05, 4.69) is 11.1 Å². The van der Waals surface area contributed by atoms with Gasteiger partial charge >= 0.3 is 0 Å². The van der Waals surface area contributed by atoms with Crippen LogP contribution in [0.2, 0.25) is 0 Å². The van der Waals surface area contributed by atoms with E-state index in [4.69, 9.17) is 4.74 Å². The van der Waals surface area contributed by atoms with Crippen molar-refractivity contribution >= 4 is 0 Å². The fourth-order valence-corrected chi connectivity index (χ4v) is 0.525. The molecular weight excluding hydrogens is 133 g/mol. The van der Waals surface area contributed by atoms with E-state index in [9.17, 15) is 4.39 Å². The third-order valence-electron chi connectivity index (χ3n) is 0.897. The highest BCUT2D eigenvalue weighted by Crippen LogP contribution is 2.00. The van der Waals surface area contributed by atoms with Gasteiger partial charge in [0.2, 0.25) is 5.88 Å². The van der Waals surface area contributed by atoms with Gasteiger partial charge in [0.25, 0.3) is 0 Å². The van der Waals surface area contributed by atoms with Crippen molar-refractivity contribution < 1.29 is 9.13 Å². The lowest BCUT2D eigenvalue weighted by atomic mass is 10.5. The second kappa shape index (κ2) is 3.82. The first-order valence-corrected chi connectivity index (χ1v) is 2.95. The summed E-state index contributed by atoms with van der Waals surface area (Å²) < 4.78 is 16.3. The average Bonchev–Trinajstić information content (AvgIpc) is 2.03. The summed E-state index contributed by atoms with van der Waals surface area (Å²) in [6.45, 7) is -0.447. The normalized spacial score (nSPS) is 9.30. The largest absolute Gasteiger partial charge is 0.474 e. The molecule has 1 aromatic rings. The molecule has 0 amide bonds. The molecule has 1 rings (SSSR count). The number of aromatic nitrogens is 1. The maximum atomic E-state index is 11.5. The molecule has 0 aromatic carbocycles. The van der Waals surface area contributed by atoms with Crippen molar-refractivity contribution in [2.75, 3.05) is 13.3 Å². The van der Waals surface area contributed by atoms with Crippen molar-refractivity contribution in [3.63, 3.8) is 0 Å². The molecular formula is C7H7FNO. The number of ether oxygens (including phenoxy) is 1. The first-order valence-electron chi connectivity index (χ1n) is 2.95. The molecule has 0 unspecified atom stereocenters. The molecule has 1 radical (unpaired) electrons. The van der Waals surface area contributed by atoms with E-state index in [1.54, 1.807) is 18.3 Å². The van der Waals surface area contributed by atoms with Crippen LogP contribution in [0.5, 0.6) is 5.88 Å². The van der Waals surface area contributed by atoms with Crippen LogP contribution in [0.25, 0.3) is 0 Å². The van der Waals surface area contributed by atoms with Crippen LogP contribution in [0.1, 0.15) is 0 Å². The average molecular weight is 140 g/mol. The van der Waals surface area contributed by atoms with E-state index in [1.165, 1.54) is 0 Å². The smallest absolute Gasteiger partial charge is 0.221 e. The third-order valence-corrected chi connectivity index (χ3v) is 0.897. The Balaban J connectivity index is 2.43. The van der Waals surface area contributed by atoms with Crippen molar-refractivity contribution in [2.45, 2.75) is 0 Å². The Morgan fingerprint density at radius 2 is 2.60 bits per heavy atom. The molecule has 0 aliphatic heterocycles. The second-order valence-corrected chi connectivity index (χ2v) is 1.62. The maximum absolute atomic E-state index is 11.5. The van der Waals surface area contributed by atoms with Crippen LogP contribution >= 0.6 is 0 Å². The minimum absolute atomic E-state index is 0.0491. The lowest BCUT2D eigenvalue weighted by Gasteiger charge is -1.98. The Hall–Kier alpha value is -1.12. The number of hydrogen-bond acceptors (Lipinski definition) is 2. The first-order chi connectivity index (χ1) is 4.93. The monoisotopic (exact) mass is 140 g/mol. The summed E-state index contributed by atoms with van der Waals surface area (Å²) >= 11 is 0. The molecule has 0 bridgehead atoms. The minimum atomic E-state index is -0.496. The molecule has 0 atom stereocenters. The molecule has 3 heteroatoms. The highest BCUT2D eigenvalue weighted by molar-refractivity contribution is 5.06. The molecule has 0 aliphatic rings. The lowest BCUT2D eigenvalue weighted by molar-refractivity contribution is 0.264. The molecule has 0 saturated heterocycles. The maximum Gasteiger partial charge on any atom is 0.221 e. The van der Waals surface area contributed by atoms with E-state index in [-0.39, 0.29) is 6.61 Å². The van der Waals surface area contributed by atoms with Gasteiger partial charge < -0.3 is 4.74 Å². The number of halogens is 1. The summed E-state index contributed by atoms with van der Waals surface area (Å²) in [7, 11) is 0. The van der Waals surface area contributed by atoms with E-state index in [0.29, 0.717) is 5.88 Å². The Bertz CT molecular complexity index is 178. The molecule has 2 nitrogen and oxygen atoms in total. The van der Waals surface area contributed by atoms with Crippen LogP contribution < -0.4 is 4.74 Å². The zero-order valence-corrected chi connectivity index (χ0v) is 5.38. The standard InChI is InChI=1S/C7H7FNO/c8-4-6-10-7-3-1-2-5-9-7/h1-2,5H,4,6H2. The molecule has 10 heavy (non-hydrogen) atoms. The van der Waals surface area contributed by atoms with Gasteiger partial charge in [-0.1, -0.05) is 0 Å². The quantitative estimate of drug-likeness (QED) is 0.630. The van der Waals surface area contributed by atoms with Crippen molar-refractivity contribution in [2.24, 2.45) is 0 Å². The van der Waals surface area contributed by atoms with Gasteiger partial charge in [-0.15, -0.1) is 0 Å². The summed E-state index contributed by atoms with van der Waals surface area (Å²) in [5.74, 6) is 0.347. The Kier molecular flexibility index (Phi) is 2.67. The Labute approximate surface area is 58.7 Å². The van der Waals surface area contributed by atoms with Crippen LogP contribution in [0, 0.1) is 6.07 Å². The molecule has 0 aliphatic carbocycles. The van der Waals surface area contributed by atoms with Crippen LogP contribution in [-0.2, 0) is 0 Å². The van der Waals surface area contributed by atoms with Gasteiger partial charge in [0, 0.05) is 12.3 Å². The van der Waals surface area contributed by atoms with Gasteiger partial charge in [-0.25, -0.2) is 9.37 Å². The summed E-state index contributed by atoms with van der Waals surface area (Å²) in [5.41, 5.74) is 0. The lowest BCUT2D eigenvalue weighted by Crippen LogP contribution is -1.99. The fraction of sp³-hybridized carbons (Fsp3) is 0.286. The van der Waals surface area contributed by atoms with Crippen LogP contribution in [0.3, 0.4) is 0 Å².